The lowest BCUT2D eigenvalue weighted by atomic mass is 9.85. The largest absolute Gasteiger partial charge is 0.385 e. The highest BCUT2D eigenvalue weighted by atomic mass is 127. The molecule has 100 valence electrons. The average molecular weight is 370 g/mol. The van der Waals surface area contributed by atoms with Crippen LogP contribution in [0.15, 0.2) is 48.5 Å². The van der Waals surface area contributed by atoms with E-state index in [2.05, 4.69) is 22.6 Å². The molecule has 0 saturated carbocycles. The molecule has 2 rings (SSSR count). The highest BCUT2D eigenvalue weighted by Gasteiger charge is 2.30. The second kappa shape index (κ2) is 6.01. The van der Waals surface area contributed by atoms with Gasteiger partial charge in [0.15, 0.2) is 0 Å². The molecule has 3 heteroatoms. The Kier molecular flexibility index (Phi) is 4.58. The van der Waals surface area contributed by atoms with Crippen molar-refractivity contribution >= 4 is 22.6 Å². The number of hydrogen-bond donors (Lipinski definition) is 1. The van der Waals surface area contributed by atoms with Gasteiger partial charge in [-0.05, 0) is 52.8 Å². The maximum absolute atomic E-state index is 13.9. The number of hydrogen-bond acceptors (Lipinski definition) is 1. The predicted octanol–water partition coefficient (Wildman–Crippen LogP) is 4.27. The van der Waals surface area contributed by atoms with Crippen molar-refractivity contribution in [3.05, 3.63) is 69.0 Å². The first-order valence-corrected chi connectivity index (χ1v) is 7.35. The van der Waals surface area contributed by atoms with Crippen LogP contribution in [0.25, 0.3) is 0 Å². The Morgan fingerprint density at radius 1 is 1.11 bits per heavy atom. The molecule has 2 aromatic rings. The molecule has 1 unspecified atom stereocenters. The molecule has 0 bridgehead atoms. The van der Waals surface area contributed by atoms with Crippen molar-refractivity contribution in [1.29, 1.82) is 0 Å². The van der Waals surface area contributed by atoms with Crippen LogP contribution in [0.3, 0.4) is 0 Å². The van der Waals surface area contributed by atoms with Gasteiger partial charge in [0.2, 0.25) is 0 Å². The molecular weight excluding hydrogens is 354 g/mol. The van der Waals surface area contributed by atoms with Crippen LogP contribution in [-0.4, -0.2) is 5.11 Å². The third-order valence-electron chi connectivity index (χ3n) is 3.37. The van der Waals surface area contributed by atoms with E-state index in [4.69, 9.17) is 0 Å². The molecular formula is C16H16FIO. The molecule has 0 aromatic heterocycles. The highest BCUT2D eigenvalue weighted by Crippen LogP contribution is 2.31. The molecule has 0 aliphatic heterocycles. The minimum absolute atomic E-state index is 0.350. The summed E-state index contributed by atoms with van der Waals surface area (Å²) in [5.41, 5.74) is 0.224. The van der Waals surface area contributed by atoms with Crippen LogP contribution in [0.5, 0.6) is 0 Å². The fourth-order valence-electron chi connectivity index (χ4n) is 2.19. The maximum atomic E-state index is 13.9. The molecule has 0 amide bonds. The van der Waals surface area contributed by atoms with Crippen molar-refractivity contribution in [1.82, 2.24) is 0 Å². The molecule has 0 radical (unpaired) electrons. The van der Waals surface area contributed by atoms with E-state index in [-0.39, 0.29) is 5.82 Å². The molecule has 1 N–H and O–H groups in total. The van der Waals surface area contributed by atoms with Crippen LogP contribution in [-0.2, 0) is 12.0 Å². The van der Waals surface area contributed by atoms with Crippen molar-refractivity contribution in [2.45, 2.75) is 25.4 Å². The lowest BCUT2D eigenvalue weighted by Crippen LogP contribution is -2.28. The van der Waals surface area contributed by atoms with Crippen molar-refractivity contribution in [2.24, 2.45) is 0 Å². The molecule has 19 heavy (non-hydrogen) atoms. The third kappa shape index (κ3) is 3.34. The van der Waals surface area contributed by atoms with E-state index in [0.717, 1.165) is 9.13 Å². The standard InChI is InChI=1S/C16H16FIO/c1-2-16(19,14-5-3-4-6-15(14)17)11-12-7-9-13(18)10-8-12/h3-10,19H,2,11H2,1H3. The van der Waals surface area contributed by atoms with Gasteiger partial charge in [-0.1, -0.05) is 37.3 Å². The fraction of sp³-hybridized carbons (Fsp3) is 0.250. The Morgan fingerprint density at radius 3 is 2.32 bits per heavy atom. The fourth-order valence-corrected chi connectivity index (χ4v) is 2.55. The van der Waals surface area contributed by atoms with E-state index >= 15 is 0 Å². The van der Waals surface area contributed by atoms with Gasteiger partial charge in [0.05, 0.1) is 5.60 Å². The first kappa shape index (κ1) is 14.5. The lowest BCUT2D eigenvalue weighted by molar-refractivity contribution is 0.0291. The van der Waals surface area contributed by atoms with E-state index in [1.807, 2.05) is 31.2 Å². The number of aliphatic hydroxyl groups is 1. The number of benzene rings is 2. The molecule has 2 aromatic carbocycles. The smallest absolute Gasteiger partial charge is 0.129 e. The van der Waals surface area contributed by atoms with Gasteiger partial charge in [0, 0.05) is 15.6 Å². The van der Waals surface area contributed by atoms with Crippen LogP contribution < -0.4 is 0 Å². The van der Waals surface area contributed by atoms with Gasteiger partial charge in [-0.15, -0.1) is 0 Å². The maximum Gasteiger partial charge on any atom is 0.129 e. The zero-order chi connectivity index (χ0) is 13.9. The Morgan fingerprint density at radius 2 is 1.74 bits per heavy atom. The first-order valence-electron chi connectivity index (χ1n) is 6.27. The molecule has 0 aliphatic rings. The van der Waals surface area contributed by atoms with Gasteiger partial charge in [-0.2, -0.15) is 0 Å². The van der Waals surface area contributed by atoms with Gasteiger partial charge in [-0.25, -0.2) is 4.39 Å². The van der Waals surface area contributed by atoms with Crippen molar-refractivity contribution in [3.63, 3.8) is 0 Å². The minimum atomic E-state index is -1.15. The Hall–Kier alpha value is -0.940. The van der Waals surface area contributed by atoms with Gasteiger partial charge in [0.25, 0.3) is 0 Å². The summed E-state index contributed by atoms with van der Waals surface area (Å²) in [6, 6.07) is 14.4. The Balaban J connectivity index is 2.33. The van der Waals surface area contributed by atoms with Gasteiger partial charge < -0.3 is 5.11 Å². The van der Waals surface area contributed by atoms with Crippen LogP contribution in [0, 0.1) is 9.39 Å². The zero-order valence-corrected chi connectivity index (χ0v) is 12.9. The lowest BCUT2D eigenvalue weighted by Gasteiger charge is -2.28. The molecule has 0 fully saturated rings. The monoisotopic (exact) mass is 370 g/mol. The first-order chi connectivity index (χ1) is 9.05. The van der Waals surface area contributed by atoms with Gasteiger partial charge >= 0.3 is 0 Å². The average Bonchev–Trinajstić information content (AvgIpc) is 2.42. The van der Waals surface area contributed by atoms with E-state index in [0.29, 0.717) is 18.4 Å². The summed E-state index contributed by atoms with van der Waals surface area (Å²) in [6.07, 6.45) is 0.890. The molecule has 0 spiro atoms. The minimum Gasteiger partial charge on any atom is -0.385 e. The highest BCUT2D eigenvalue weighted by molar-refractivity contribution is 14.1. The van der Waals surface area contributed by atoms with E-state index in [9.17, 15) is 9.50 Å². The summed E-state index contributed by atoms with van der Waals surface area (Å²) >= 11 is 2.24. The van der Waals surface area contributed by atoms with Crippen LogP contribution in [0.2, 0.25) is 0 Å². The molecule has 0 heterocycles. The van der Waals surface area contributed by atoms with Gasteiger partial charge in [-0.3, -0.25) is 0 Å². The normalized spacial score (nSPS) is 14.1. The zero-order valence-electron chi connectivity index (χ0n) is 10.7. The second-order valence-corrected chi connectivity index (χ2v) is 5.91. The summed E-state index contributed by atoms with van der Waals surface area (Å²) < 4.78 is 15.0. The quantitative estimate of drug-likeness (QED) is 0.797. The van der Waals surface area contributed by atoms with Crippen molar-refractivity contribution < 1.29 is 9.50 Å². The van der Waals surface area contributed by atoms with Crippen LogP contribution in [0.1, 0.15) is 24.5 Å². The van der Waals surface area contributed by atoms with Crippen molar-refractivity contribution in [3.8, 4) is 0 Å². The SMILES string of the molecule is CCC(O)(Cc1ccc(I)cc1)c1ccccc1F. The molecule has 0 aliphatic carbocycles. The number of rotatable bonds is 4. The third-order valence-corrected chi connectivity index (χ3v) is 4.09. The Bertz CT molecular complexity index is 553. The van der Waals surface area contributed by atoms with E-state index in [1.54, 1.807) is 18.2 Å². The Labute approximate surface area is 126 Å². The molecule has 1 nitrogen and oxygen atoms in total. The summed E-state index contributed by atoms with van der Waals surface area (Å²) in [4.78, 5) is 0. The van der Waals surface area contributed by atoms with E-state index < -0.39 is 5.60 Å². The summed E-state index contributed by atoms with van der Waals surface area (Å²) in [7, 11) is 0. The summed E-state index contributed by atoms with van der Waals surface area (Å²) in [6.45, 7) is 1.87. The van der Waals surface area contributed by atoms with Gasteiger partial charge in [0.1, 0.15) is 5.82 Å². The second-order valence-electron chi connectivity index (χ2n) is 4.67. The number of halogens is 2. The topological polar surface area (TPSA) is 20.2 Å². The summed E-state index contributed by atoms with van der Waals surface area (Å²) in [5.74, 6) is -0.350. The predicted molar refractivity (Wildman–Crippen MR) is 83.5 cm³/mol. The van der Waals surface area contributed by atoms with Crippen molar-refractivity contribution in [2.75, 3.05) is 0 Å². The molecule has 0 saturated heterocycles. The van der Waals surface area contributed by atoms with E-state index in [1.165, 1.54) is 6.07 Å². The molecule has 1 atom stereocenters. The summed E-state index contributed by atoms with van der Waals surface area (Å²) in [5, 5.41) is 10.8. The van der Waals surface area contributed by atoms with Crippen LogP contribution >= 0.6 is 22.6 Å². The van der Waals surface area contributed by atoms with Crippen LogP contribution in [0.4, 0.5) is 4.39 Å².